The number of fused-ring (bicyclic) bond motifs is 1. The van der Waals surface area contributed by atoms with Crippen molar-refractivity contribution in [3.63, 3.8) is 0 Å². The van der Waals surface area contributed by atoms with Crippen LogP contribution in [-0.2, 0) is 0 Å². The first-order valence-electron chi connectivity index (χ1n) is 9.07. The second-order valence-corrected chi connectivity index (χ2v) is 7.80. The van der Waals surface area contributed by atoms with E-state index in [1.54, 1.807) is 7.11 Å². The van der Waals surface area contributed by atoms with Crippen molar-refractivity contribution in [1.82, 2.24) is 4.90 Å². The number of aliphatic imine (C=N–C) groups is 1. The standard InChI is InChI=1S/C23H19BrN2O/c1-27-19-10-6-5-9-18(19)23-25-20(15-11-13-17(24)14-12-15)22-21(26(22)23)16-7-3-2-4-8-16/h2-14,21-23H,1H3/t21-,22-,23+,26?/m0/s1. The lowest BCUT2D eigenvalue weighted by atomic mass is 10.0. The van der Waals surface area contributed by atoms with Gasteiger partial charge in [0.25, 0.3) is 0 Å². The van der Waals surface area contributed by atoms with E-state index >= 15 is 0 Å². The Labute approximate surface area is 167 Å². The Bertz CT molecular complexity index is 1000. The molecule has 27 heavy (non-hydrogen) atoms. The quantitative estimate of drug-likeness (QED) is 0.530. The van der Waals surface area contributed by atoms with Gasteiger partial charge in [0.15, 0.2) is 0 Å². The molecule has 0 aromatic heterocycles. The number of methoxy groups -OCH3 is 1. The molecular formula is C23H19BrN2O. The fourth-order valence-electron chi connectivity index (χ4n) is 4.10. The Hall–Kier alpha value is -2.43. The molecule has 2 heterocycles. The van der Waals surface area contributed by atoms with Gasteiger partial charge in [-0.1, -0.05) is 76.6 Å². The van der Waals surface area contributed by atoms with Crippen LogP contribution in [0.1, 0.15) is 28.9 Å². The van der Waals surface area contributed by atoms with Crippen LogP contribution in [0.3, 0.4) is 0 Å². The van der Waals surface area contributed by atoms with E-state index in [2.05, 4.69) is 87.6 Å². The molecule has 134 valence electrons. The van der Waals surface area contributed by atoms with Gasteiger partial charge in [0.2, 0.25) is 0 Å². The van der Waals surface area contributed by atoms with Crippen LogP contribution in [0.2, 0.25) is 0 Å². The number of benzene rings is 3. The van der Waals surface area contributed by atoms with Gasteiger partial charge in [-0.2, -0.15) is 0 Å². The topological polar surface area (TPSA) is 24.6 Å². The van der Waals surface area contributed by atoms with E-state index in [-0.39, 0.29) is 6.17 Å². The van der Waals surface area contributed by atoms with Crippen molar-refractivity contribution in [1.29, 1.82) is 0 Å². The summed E-state index contributed by atoms with van der Waals surface area (Å²) in [7, 11) is 1.72. The predicted octanol–water partition coefficient (Wildman–Crippen LogP) is 5.38. The Morgan fingerprint density at radius 1 is 0.852 bits per heavy atom. The third-order valence-corrected chi connectivity index (χ3v) is 5.90. The van der Waals surface area contributed by atoms with Gasteiger partial charge in [-0.25, -0.2) is 0 Å². The summed E-state index contributed by atoms with van der Waals surface area (Å²) >= 11 is 3.53. The molecule has 1 fully saturated rings. The average molecular weight is 419 g/mol. The van der Waals surface area contributed by atoms with Crippen LogP contribution in [0.25, 0.3) is 0 Å². The second-order valence-electron chi connectivity index (χ2n) is 6.88. The summed E-state index contributed by atoms with van der Waals surface area (Å²) in [6, 6.07) is 28.0. The molecule has 2 aliphatic rings. The van der Waals surface area contributed by atoms with Crippen LogP contribution in [0.15, 0.2) is 88.3 Å². The highest BCUT2D eigenvalue weighted by atomic mass is 79.9. The van der Waals surface area contributed by atoms with Gasteiger partial charge in [0, 0.05) is 10.0 Å². The lowest BCUT2D eigenvalue weighted by Crippen LogP contribution is -2.08. The number of ether oxygens (including phenoxy) is 1. The van der Waals surface area contributed by atoms with E-state index in [9.17, 15) is 0 Å². The molecule has 3 aromatic rings. The fourth-order valence-corrected chi connectivity index (χ4v) is 4.36. The van der Waals surface area contributed by atoms with Gasteiger partial charge in [-0.05, 0) is 29.3 Å². The maximum absolute atomic E-state index is 5.62. The van der Waals surface area contributed by atoms with Crippen LogP contribution in [-0.4, -0.2) is 23.8 Å². The van der Waals surface area contributed by atoms with Gasteiger partial charge in [0.1, 0.15) is 11.9 Å². The van der Waals surface area contributed by atoms with E-state index in [4.69, 9.17) is 9.73 Å². The number of hydrogen-bond acceptors (Lipinski definition) is 3. The average Bonchev–Trinajstić information content (AvgIpc) is 3.34. The largest absolute Gasteiger partial charge is 0.496 e. The summed E-state index contributed by atoms with van der Waals surface area (Å²) in [5.41, 5.74) is 4.80. The maximum Gasteiger partial charge on any atom is 0.133 e. The first-order chi connectivity index (χ1) is 13.3. The predicted molar refractivity (Wildman–Crippen MR) is 111 cm³/mol. The SMILES string of the molecule is COc1ccccc1[C@@H]1N=C(c2ccc(Br)cc2)[C@H]2[C@H](c3ccccc3)N12. The van der Waals surface area contributed by atoms with Gasteiger partial charge in [-0.15, -0.1) is 0 Å². The summed E-state index contributed by atoms with van der Waals surface area (Å²) < 4.78 is 6.70. The number of hydrogen-bond donors (Lipinski definition) is 0. The Morgan fingerprint density at radius 3 is 2.30 bits per heavy atom. The zero-order valence-corrected chi connectivity index (χ0v) is 16.5. The molecule has 4 atom stereocenters. The molecule has 0 radical (unpaired) electrons. The highest BCUT2D eigenvalue weighted by Gasteiger charge is 2.59. The molecular weight excluding hydrogens is 400 g/mol. The minimum absolute atomic E-state index is 0.0185. The summed E-state index contributed by atoms with van der Waals surface area (Å²) in [5.74, 6) is 0.890. The van der Waals surface area contributed by atoms with Crippen molar-refractivity contribution >= 4 is 21.6 Å². The van der Waals surface area contributed by atoms with Gasteiger partial charge < -0.3 is 4.74 Å². The molecule has 0 bridgehead atoms. The third-order valence-electron chi connectivity index (χ3n) is 5.37. The van der Waals surface area contributed by atoms with Crippen molar-refractivity contribution in [2.75, 3.05) is 7.11 Å². The molecule has 0 amide bonds. The number of rotatable bonds is 4. The Balaban J connectivity index is 1.59. The van der Waals surface area contributed by atoms with E-state index in [1.165, 1.54) is 11.1 Å². The number of nitrogens with zero attached hydrogens (tertiary/aromatic N) is 2. The first kappa shape index (κ1) is 16.7. The highest BCUT2D eigenvalue weighted by Crippen LogP contribution is 2.56. The molecule has 0 spiro atoms. The van der Waals surface area contributed by atoms with E-state index in [1.807, 2.05) is 12.1 Å². The van der Waals surface area contributed by atoms with Crippen molar-refractivity contribution in [3.8, 4) is 5.75 Å². The molecule has 3 aromatic carbocycles. The number of para-hydroxylation sites is 1. The van der Waals surface area contributed by atoms with E-state index in [0.29, 0.717) is 12.1 Å². The number of halogens is 1. The van der Waals surface area contributed by atoms with Gasteiger partial charge >= 0.3 is 0 Å². The van der Waals surface area contributed by atoms with Gasteiger partial charge in [-0.3, -0.25) is 9.89 Å². The van der Waals surface area contributed by atoms with Crippen LogP contribution < -0.4 is 4.74 Å². The lowest BCUT2D eigenvalue weighted by molar-refractivity contribution is 0.366. The minimum atomic E-state index is -0.0185. The van der Waals surface area contributed by atoms with E-state index in [0.717, 1.165) is 21.5 Å². The maximum atomic E-state index is 5.62. The van der Waals surface area contributed by atoms with Crippen LogP contribution in [0, 0.1) is 0 Å². The molecule has 1 unspecified atom stereocenters. The second kappa shape index (κ2) is 6.63. The third kappa shape index (κ3) is 2.80. The van der Waals surface area contributed by atoms with Crippen molar-refractivity contribution in [2.45, 2.75) is 18.2 Å². The summed E-state index contributed by atoms with van der Waals surface area (Å²) in [6.07, 6.45) is -0.0185. The molecule has 2 aliphatic heterocycles. The Kier molecular flexibility index (Phi) is 4.10. The normalized spacial score (nSPS) is 25.6. The first-order valence-corrected chi connectivity index (χ1v) is 9.86. The van der Waals surface area contributed by atoms with E-state index < -0.39 is 0 Å². The van der Waals surface area contributed by atoms with Crippen LogP contribution in [0.4, 0.5) is 0 Å². The van der Waals surface area contributed by atoms with Crippen molar-refractivity contribution in [2.24, 2.45) is 4.99 Å². The highest BCUT2D eigenvalue weighted by molar-refractivity contribution is 9.10. The summed E-state index contributed by atoms with van der Waals surface area (Å²) in [6.45, 7) is 0. The monoisotopic (exact) mass is 418 g/mol. The lowest BCUT2D eigenvalue weighted by Gasteiger charge is -2.17. The summed E-state index contributed by atoms with van der Waals surface area (Å²) in [4.78, 5) is 7.60. The molecule has 0 N–H and O–H groups in total. The molecule has 1 saturated heterocycles. The zero-order valence-electron chi connectivity index (χ0n) is 14.9. The molecule has 5 rings (SSSR count). The minimum Gasteiger partial charge on any atom is -0.496 e. The molecule has 3 nitrogen and oxygen atoms in total. The van der Waals surface area contributed by atoms with Crippen molar-refractivity contribution < 1.29 is 4.74 Å². The molecule has 0 aliphatic carbocycles. The smallest absolute Gasteiger partial charge is 0.133 e. The molecule has 4 heteroatoms. The van der Waals surface area contributed by atoms with Crippen LogP contribution >= 0.6 is 15.9 Å². The molecule has 0 saturated carbocycles. The van der Waals surface area contributed by atoms with Crippen LogP contribution in [0.5, 0.6) is 5.75 Å². The van der Waals surface area contributed by atoms with Gasteiger partial charge in [0.05, 0.1) is 24.9 Å². The zero-order chi connectivity index (χ0) is 18.4. The fraction of sp³-hybridized carbons (Fsp3) is 0.174. The Morgan fingerprint density at radius 2 is 1.56 bits per heavy atom. The van der Waals surface area contributed by atoms with Crippen molar-refractivity contribution in [3.05, 3.63) is 100 Å². The summed E-state index contributed by atoms with van der Waals surface area (Å²) in [5, 5.41) is 0.